The molecule has 0 saturated carbocycles. The Morgan fingerprint density at radius 1 is 0.680 bits per heavy atom. The number of benzene rings is 2. The molecule has 0 radical (unpaired) electrons. The smallest absolute Gasteiger partial charge is 0.145 e. The molecule has 1 aliphatic heterocycles. The number of hydrogen-bond acceptors (Lipinski definition) is 1. The van der Waals surface area contributed by atoms with Crippen LogP contribution in [0.4, 0.5) is 0 Å². The monoisotopic (exact) mass is 336 g/mol. The maximum Gasteiger partial charge on any atom is 0.145 e. The summed E-state index contributed by atoms with van der Waals surface area (Å²) in [4.78, 5) is 0. The molecular weight excluding hydrogens is 304 g/mol. The molecule has 0 aliphatic carbocycles. The molecule has 0 amide bonds. The van der Waals surface area contributed by atoms with E-state index in [0.717, 1.165) is 0 Å². The number of ether oxygens (including phenoxy) is 1. The lowest BCUT2D eigenvalue weighted by atomic mass is 9.86. The fourth-order valence-corrected chi connectivity index (χ4v) is 3.96. The third-order valence-corrected chi connectivity index (χ3v) is 5.45. The fraction of sp³-hybridized carbons (Fsp3) is 0.500. The molecule has 1 saturated heterocycles. The third-order valence-electron chi connectivity index (χ3n) is 5.45. The van der Waals surface area contributed by atoms with Crippen molar-refractivity contribution in [3.63, 3.8) is 0 Å². The number of unbranched alkanes of at least 4 members (excludes halogenated alkanes) is 7. The zero-order valence-corrected chi connectivity index (χ0v) is 15.6. The second-order valence-corrected chi connectivity index (χ2v) is 7.34. The Balaban J connectivity index is 1.51. The van der Waals surface area contributed by atoms with Gasteiger partial charge in [-0.3, -0.25) is 0 Å². The molecular formula is C24H32O. The van der Waals surface area contributed by atoms with Gasteiger partial charge in [0.2, 0.25) is 0 Å². The summed E-state index contributed by atoms with van der Waals surface area (Å²) in [5.74, 6) is 0. The normalized spacial score (nSPS) is 18.2. The summed E-state index contributed by atoms with van der Waals surface area (Å²) in [6.07, 6.45) is 12.4. The molecule has 1 nitrogen and oxygen atoms in total. The Labute approximate surface area is 153 Å². The number of epoxide rings is 1. The quantitative estimate of drug-likeness (QED) is 0.322. The van der Waals surface area contributed by atoms with Crippen molar-refractivity contribution in [1.82, 2.24) is 0 Å². The Kier molecular flexibility index (Phi) is 6.69. The van der Waals surface area contributed by atoms with Crippen molar-refractivity contribution in [2.24, 2.45) is 0 Å². The first-order valence-corrected chi connectivity index (χ1v) is 10.2. The molecule has 1 heteroatoms. The van der Waals surface area contributed by atoms with Crippen molar-refractivity contribution >= 4 is 0 Å². The summed E-state index contributed by atoms with van der Waals surface area (Å²) in [5.41, 5.74) is 2.39. The minimum Gasteiger partial charge on any atom is -0.356 e. The summed E-state index contributed by atoms with van der Waals surface area (Å²) in [7, 11) is 0. The van der Waals surface area contributed by atoms with E-state index in [4.69, 9.17) is 4.74 Å². The first kappa shape index (κ1) is 18.2. The molecule has 25 heavy (non-hydrogen) atoms. The molecule has 1 heterocycles. The molecule has 1 aliphatic rings. The molecule has 1 atom stereocenters. The van der Waals surface area contributed by atoms with Gasteiger partial charge in [-0.25, -0.2) is 0 Å². The van der Waals surface area contributed by atoms with Crippen LogP contribution >= 0.6 is 0 Å². The number of hydrogen-bond donors (Lipinski definition) is 0. The molecule has 0 unspecified atom stereocenters. The third kappa shape index (κ3) is 4.52. The van der Waals surface area contributed by atoms with Gasteiger partial charge < -0.3 is 4.74 Å². The van der Waals surface area contributed by atoms with Crippen molar-refractivity contribution in [3.8, 4) is 0 Å². The predicted molar refractivity (Wildman–Crippen MR) is 106 cm³/mol. The average molecular weight is 337 g/mol. The summed E-state index contributed by atoms with van der Waals surface area (Å²) in [5, 5.41) is 0. The van der Waals surface area contributed by atoms with Gasteiger partial charge in [-0.1, -0.05) is 119 Å². The highest BCUT2D eigenvalue weighted by Crippen LogP contribution is 2.53. The van der Waals surface area contributed by atoms with E-state index in [0.29, 0.717) is 6.10 Å². The molecule has 0 spiro atoms. The lowest BCUT2D eigenvalue weighted by Crippen LogP contribution is -2.15. The Morgan fingerprint density at radius 2 is 1.16 bits per heavy atom. The highest BCUT2D eigenvalue weighted by molar-refractivity contribution is 5.42. The summed E-state index contributed by atoms with van der Waals surface area (Å²) in [6.45, 7) is 2.28. The highest BCUT2D eigenvalue weighted by atomic mass is 16.6. The first-order chi connectivity index (χ1) is 12.4. The van der Waals surface area contributed by atoms with E-state index in [1.165, 1.54) is 68.9 Å². The van der Waals surface area contributed by atoms with E-state index in [2.05, 4.69) is 67.6 Å². The van der Waals surface area contributed by atoms with Crippen LogP contribution in [0.5, 0.6) is 0 Å². The summed E-state index contributed by atoms with van der Waals surface area (Å²) < 4.78 is 6.34. The topological polar surface area (TPSA) is 12.5 Å². The van der Waals surface area contributed by atoms with Crippen LogP contribution in [-0.4, -0.2) is 6.10 Å². The standard InChI is InChI=1S/C24H32O/c1-2-3-4-5-6-7-8-15-20-23-24(25-23,21-16-11-9-12-17-21)22-18-13-10-14-19-22/h9-14,16-19,23H,2-8,15,20H2,1H3/t23-/m1/s1. The van der Waals surface area contributed by atoms with E-state index in [1.807, 2.05) is 0 Å². The van der Waals surface area contributed by atoms with E-state index < -0.39 is 0 Å². The second-order valence-electron chi connectivity index (χ2n) is 7.34. The van der Waals surface area contributed by atoms with Crippen molar-refractivity contribution < 1.29 is 4.74 Å². The molecule has 1 fully saturated rings. The van der Waals surface area contributed by atoms with E-state index >= 15 is 0 Å². The zero-order chi connectivity index (χ0) is 17.4. The summed E-state index contributed by atoms with van der Waals surface area (Å²) in [6, 6.07) is 21.5. The van der Waals surface area contributed by atoms with Gasteiger partial charge in [-0.15, -0.1) is 0 Å². The Hall–Kier alpha value is -1.60. The highest BCUT2D eigenvalue weighted by Gasteiger charge is 2.58. The lowest BCUT2D eigenvalue weighted by molar-refractivity contribution is 0.321. The van der Waals surface area contributed by atoms with Gasteiger partial charge in [0, 0.05) is 0 Å². The van der Waals surface area contributed by atoms with Crippen molar-refractivity contribution in [2.75, 3.05) is 0 Å². The Bertz CT molecular complexity index is 565. The minimum atomic E-state index is -0.205. The molecule has 134 valence electrons. The van der Waals surface area contributed by atoms with Crippen LogP contribution in [0.1, 0.15) is 75.8 Å². The van der Waals surface area contributed by atoms with Gasteiger partial charge in [0.05, 0.1) is 6.10 Å². The van der Waals surface area contributed by atoms with Crippen LogP contribution in [0.2, 0.25) is 0 Å². The van der Waals surface area contributed by atoms with Crippen molar-refractivity contribution in [1.29, 1.82) is 0 Å². The van der Waals surface area contributed by atoms with Crippen LogP contribution in [0, 0.1) is 0 Å². The van der Waals surface area contributed by atoms with Crippen LogP contribution in [0.3, 0.4) is 0 Å². The minimum absolute atomic E-state index is 0.205. The van der Waals surface area contributed by atoms with E-state index in [-0.39, 0.29) is 5.60 Å². The van der Waals surface area contributed by atoms with Gasteiger partial charge in [-0.2, -0.15) is 0 Å². The predicted octanol–water partition coefficient (Wildman–Crippen LogP) is 6.86. The van der Waals surface area contributed by atoms with Gasteiger partial charge in [-0.05, 0) is 17.5 Å². The van der Waals surface area contributed by atoms with Crippen LogP contribution in [0.15, 0.2) is 60.7 Å². The van der Waals surface area contributed by atoms with Crippen LogP contribution < -0.4 is 0 Å². The van der Waals surface area contributed by atoms with Crippen molar-refractivity contribution in [3.05, 3.63) is 71.8 Å². The lowest BCUT2D eigenvalue weighted by Gasteiger charge is -2.14. The van der Waals surface area contributed by atoms with Gasteiger partial charge in [0.15, 0.2) is 0 Å². The maximum atomic E-state index is 6.34. The molecule has 0 N–H and O–H groups in total. The second kappa shape index (κ2) is 9.20. The van der Waals surface area contributed by atoms with Crippen LogP contribution in [0.25, 0.3) is 0 Å². The average Bonchev–Trinajstić information content (AvgIpc) is 3.41. The molecule has 2 aromatic carbocycles. The van der Waals surface area contributed by atoms with Gasteiger partial charge in [0.25, 0.3) is 0 Å². The van der Waals surface area contributed by atoms with E-state index in [1.54, 1.807) is 0 Å². The van der Waals surface area contributed by atoms with Crippen LogP contribution in [-0.2, 0) is 10.3 Å². The number of rotatable bonds is 11. The van der Waals surface area contributed by atoms with E-state index in [9.17, 15) is 0 Å². The molecule has 2 aromatic rings. The fourth-order valence-electron chi connectivity index (χ4n) is 3.96. The first-order valence-electron chi connectivity index (χ1n) is 10.2. The zero-order valence-electron chi connectivity index (χ0n) is 15.6. The summed E-state index contributed by atoms with van der Waals surface area (Å²) >= 11 is 0. The largest absolute Gasteiger partial charge is 0.356 e. The van der Waals surface area contributed by atoms with Gasteiger partial charge >= 0.3 is 0 Å². The van der Waals surface area contributed by atoms with Gasteiger partial charge in [0.1, 0.15) is 5.60 Å². The Morgan fingerprint density at radius 3 is 1.68 bits per heavy atom. The van der Waals surface area contributed by atoms with Crippen molar-refractivity contribution in [2.45, 2.75) is 76.4 Å². The maximum absolute atomic E-state index is 6.34. The molecule has 3 rings (SSSR count). The molecule has 0 bridgehead atoms. The molecule has 0 aromatic heterocycles. The SMILES string of the molecule is CCCCCCCCCC[C@H]1OC1(c1ccccc1)c1ccccc1.